The van der Waals surface area contributed by atoms with E-state index in [4.69, 9.17) is 4.74 Å². The molecule has 0 aliphatic carbocycles. The van der Waals surface area contributed by atoms with Crippen molar-refractivity contribution in [2.75, 3.05) is 7.11 Å². The van der Waals surface area contributed by atoms with Crippen molar-refractivity contribution in [1.29, 1.82) is 0 Å². The largest absolute Gasteiger partial charge is 0.501 e. The second-order valence-corrected chi connectivity index (χ2v) is 1.86. The highest BCUT2D eigenvalue weighted by Crippen LogP contribution is 2.03. The summed E-state index contributed by atoms with van der Waals surface area (Å²) in [4.78, 5) is 21.2. The van der Waals surface area contributed by atoms with Crippen LogP contribution in [0.5, 0.6) is 0 Å². The van der Waals surface area contributed by atoms with Gasteiger partial charge in [0.15, 0.2) is 12.1 Å². The lowest BCUT2D eigenvalue weighted by atomic mass is 10.1. The van der Waals surface area contributed by atoms with E-state index in [-0.39, 0.29) is 5.57 Å². The number of ether oxygens (including phenoxy) is 1. The van der Waals surface area contributed by atoms with Gasteiger partial charge in [0.25, 0.3) is 0 Å². The predicted molar refractivity (Wildman–Crippen MR) is 41.0 cm³/mol. The van der Waals surface area contributed by atoms with Gasteiger partial charge in [0.1, 0.15) is 5.76 Å². The molecule has 0 aromatic carbocycles. The lowest BCUT2D eigenvalue weighted by molar-refractivity contribution is -0.114. The average Bonchev–Trinajstić information content (AvgIpc) is 2.05. The first kappa shape index (κ1) is 9.62. The van der Waals surface area contributed by atoms with Crippen LogP contribution in [0.4, 0.5) is 0 Å². The number of ketones is 1. The maximum absolute atomic E-state index is 10.9. The minimum absolute atomic E-state index is 0.0162. The molecule has 11 heavy (non-hydrogen) atoms. The Morgan fingerprint density at radius 1 is 1.55 bits per heavy atom. The van der Waals surface area contributed by atoms with E-state index >= 15 is 0 Å². The van der Waals surface area contributed by atoms with Gasteiger partial charge in [0, 0.05) is 0 Å². The molecule has 0 N–H and O–H groups in total. The number of hydrogen-bond donors (Lipinski definition) is 0. The molecule has 0 bridgehead atoms. The van der Waals surface area contributed by atoms with Crippen LogP contribution in [-0.4, -0.2) is 19.2 Å². The fraction of sp³-hybridized carbons (Fsp3) is 0.250. The predicted octanol–water partition coefficient (Wildman–Crippen LogP) is 0.861. The topological polar surface area (TPSA) is 43.4 Å². The van der Waals surface area contributed by atoms with Gasteiger partial charge in [-0.1, -0.05) is 6.58 Å². The number of hydrogen-bond acceptors (Lipinski definition) is 3. The molecule has 60 valence electrons. The molecule has 0 saturated heterocycles. The van der Waals surface area contributed by atoms with Crippen molar-refractivity contribution in [3.05, 3.63) is 24.0 Å². The van der Waals surface area contributed by atoms with Crippen LogP contribution in [-0.2, 0) is 14.3 Å². The van der Waals surface area contributed by atoms with Crippen LogP contribution in [0.3, 0.4) is 0 Å². The summed E-state index contributed by atoms with van der Waals surface area (Å²) in [5, 5.41) is 0. The zero-order valence-electron chi connectivity index (χ0n) is 6.59. The third kappa shape index (κ3) is 2.37. The Hall–Kier alpha value is -1.38. The first-order valence-corrected chi connectivity index (χ1v) is 3.04. The van der Waals surface area contributed by atoms with E-state index < -0.39 is 5.78 Å². The maximum atomic E-state index is 10.9. The molecule has 0 atom stereocenters. The molecule has 0 aromatic rings. The van der Waals surface area contributed by atoms with Gasteiger partial charge in [-0.05, 0) is 13.0 Å². The van der Waals surface area contributed by atoms with Gasteiger partial charge in [-0.15, -0.1) is 0 Å². The highest BCUT2D eigenvalue weighted by atomic mass is 16.5. The van der Waals surface area contributed by atoms with Crippen LogP contribution in [0.25, 0.3) is 0 Å². The van der Waals surface area contributed by atoms with E-state index in [1.807, 2.05) is 0 Å². The van der Waals surface area contributed by atoms with E-state index in [0.29, 0.717) is 12.0 Å². The Labute approximate surface area is 65.4 Å². The summed E-state index contributed by atoms with van der Waals surface area (Å²) in [7, 11) is 1.40. The van der Waals surface area contributed by atoms with Gasteiger partial charge in [0.05, 0.1) is 12.7 Å². The number of allylic oxidation sites excluding steroid dienone is 3. The van der Waals surface area contributed by atoms with Gasteiger partial charge in [-0.25, -0.2) is 0 Å². The Morgan fingerprint density at radius 2 is 2.09 bits per heavy atom. The third-order valence-electron chi connectivity index (χ3n) is 1.25. The summed E-state index contributed by atoms with van der Waals surface area (Å²) in [5.74, 6) is -0.107. The number of rotatable bonds is 4. The molecule has 0 rings (SSSR count). The second-order valence-electron chi connectivity index (χ2n) is 1.86. The summed E-state index contributed by atoms with van der Waals surface area (Å²) in [5.41, 5.74) is 0.0162. The van der Waals surface area contributed by atoms with E-state index in [2.05, 4.69) is 6.58 Å². The number of aldehydes is 1. The third-order valence-corrected chi connectivity index (χ3v) is 1.25. The normalized spacial score (nSPS) is 11.5. The van der Waals surface area contributed by atoms with E-state index in [0.717, 1.165) is 6.08 Å². The number of carbonyl (C=O) groups is 2. The fourth-order valence-corrected chi connectivity index (χ4v) is 0.534. The summed E-state index contributed by atoms with van der Waals surface area (Å²) >= 11 is 0. The standard InChI is InChI=1S/C8H10O3/c1-4-8(10)7(5-9)6(2)11-3/h4-5H,1H2,2-3H3/b7-6+. The summed E-state index contributed by atoms with van der Waals surface area (Å²) in [6, 6.07) is 0. The molecule has 0 aliphatic heterocycles. The van der Waals surface area contributed by atoms with Crippen molar-refractivity contribution in [3.63, 3.8) is 0 Å². The van der Waals surface area contributed by atoms with Crippen LogP contribution < -0.4 is 0 Å². The minimum Gasteiger partial charge on any atom is -0.501 e. The number of carbonyl (C=O) groups excluding carboxylic acids is 2. The summed E-state index contributed by atoms with van der Waals surface area (Å²) < 4.78 is 4.71. The van der Waals surface area contributed by atoms with Crippen LogP contribution in [0.1, 0.15) is 6.92 Å². The number of methoxy groups -OCH3 is 1. The monoisotopic (exact) mass is 154 g/mol. The maximum Gasteiger partial charge on any atom is 0.191 e. The van der Waals surface area contributed by atoms with E-state index in [1.54, 1.807) is 6.92 Å². The molecule has 0 spiro atoms. The van der Waals surface area contributed by atoms with Crippen LogP contribution in [0.2, 0.25) is 0 Å². The van der Waals surface area contributed by atoms with Crippen molar-refractivity contribution in [1.82, 2.24) is 0 Å². The van der Waals surface area contributed by atoms with Crippen molar-refractivity contribution >= 4 is 12.1 Å². The van der Waals surface area contributed by atoms with E-state index in [9.17, 15) is 9.59 Å². The van der Waals surface area contributed by atoms with E-state index in [1.165, 1.54) is 7.11 Å². The molecular formula is C8H10O3. The Bertz CT molecular complexity index is 213. The molecule has 0 heterocycles. The molecule has 0 aromatic heterocycles. The fourth-order valence-electron chi connectivity index (χ4n) is 0.534. The molecule has 0 fully saturated rings. The Balaban J connectivity index is 4.78. The lowest BCUT2D eigenvalue weighted by Crippen LogP contribution is -2.03. The first-order chi connectivity index (χ1) is 5.17. The van der Waals surface area contributed by atoms with Crippen molar-refractivity contribution in [2.45, 2.75) is 6.92 Å². The van der Waals surface area contributed by atoms with Gasteiger partial charge < -0.3 is 4.74 Å². The van der Waals surface area contributed by atoms with Crippen molar-refractivity contribution < 1.29 is 14.3 Å². The highest BCUT2D eigenvalue weighted by Gasteiger charge is 2.08. The SMILES string of the molecule is C=CC(=O)/C(C=O)=C(\C)OC. The minimum atomic E-state index is -0.417. The van der Waals surface area contributed by atoms with Crippen molar-refractivity contribution in [3.8, 4) is 0 Å². The Morgan fingerprint density at radius 3 is 2.36 bits per heavy atom. The highest BCUT2D eigenvalue weighted by molar-refractivity contribution is 6.17. The molecule has 0 unspecified atom stereocenters. The summed E-state index contributed by atoms with van der Waals surface area (Å²) in [6.07, 6.45) is 1.54. The molecule has 0 radical (unpaired) electrons. The molecule has 0 saturated carbocycles. The summed E-state index contributed by atoms with van der Waals surface area (Å²) in [6.45, 7) is 4.79. The van der Waals surface area contributed by atoms with Crippen LogP contribution in [0, 0.1) is 0 Å². The molecular weight excluding hydrogens is 144 g/mol. The van der Waals surface area contributed by atoms with Gasteiger partial charge in [-0.2, -0.15) is 0 Å². The van der Waals surface area contributed by atoms with Gasteiger partial charge >= 0.3 is 0 Å². The molecule has 3 nitrogen and oxygen atoms in total. The zero-order valence-corrected chi connectivity index (χ0v) is 6.59. The zero-order chi connectivity index (χ0) is 8.85. The molecule has 3 heteroatoms. The average molecular weight is 154 g/mol. The van der Waals surface area contributed by atoms with Gasteiger partial charge in [-0.3, -0.25) is 9.59 Å². The molecule has 0 amide bonds. The molecule has 0 aliphatic rings. The first-order valence-electron chi connectivity index (χ1n) is 3.04. The van der Waals surface area contributed by atoms with Crippen LogP contribution >= 0.6 is 0 Å². The van der Waals surface area contributed by atoms with Crippen LogP contribution in [0.15, 0.2) is 24.0 Å². The Kier molecular flexibility index (Phi) is 3.88. The lowest BCUT2D eigenvalue weighted by Gasteiger charge is -2.00. The quantitative estimate of drug-likeness (QED) is 0.198. The van der Waals surface area contributed by atoms with Crippen molar-refractivity contribution in [2.24, 2.45) is 0 Å². The second kappa shape index (κ2) is 4.44. The smallest absolute Gasteiger partial charge is 0.191 e. The van der Waals surface area contributed by atoms with Gasteiger partial charge in [0.2, 0.25) is 0 Å².